The third-order valence-electron chi connectivity index (χ3n) is 2.40. The fraction of sp³-hybridized carbons (Fsp3) is 0.417. The summed E-state index contributed by atoms with van der Waals surface area (Å²) in [6.45, 7) is 6.30. The highest BCUT2D eigenvalue weighted by atomic mass is 15.0. The largest absolute Gasteiger partial charge is 0.334 e. The maximum atomic E-state index is 4.38. The first-order valence-corrected chi connectivity index (χ1v) is 5.29. The molecule has 0 spiro atoms. The van der Waals surface area contributed by atoms with Crippen LogP contribution in [-0.2, 0) is 12.5 Å². The van der Waals surface area contributed by atoms with Gasteiger partial charge in [0.25, 0.3) is 0 Å². The van der Waals surface area contributed by atoms with E-state index in [2.05, 4.69) is 35.7 Å². The summed E-state index contributed by atoms with van der Waals surface area (Å²) < 4.78 is 1.95. The lowest BCUT2D eigenvalue weighted by molar-refractivity contribution is 0.545. The molecule has 0 unspecified atom stereocenters. The normalized spacial score (nSPS) is 11.8. The van der Waals surface area contributed by atoms with Crippen LogP contribution in [0.4, 0.5) is 0 Å². The molecule has 0 saturated heterocycles. The Labute approximate surface area is 95.4 Å². The third-order valence-corrected chi connectivity index (χ3v) is 2.40. The number of nitrogens with zero attached hydrogens (tertiary/aromatic N) is 4. The maximum Gasteiger partial charge on any atom is 0.142 e. The van der Waals surface area contributed by atoms with E-state index in [9.17, 15) is 0 Å². The minimum absolute atomic E-state index is 0.0137. The van der Waals surface area contributed by atoms with Crippen molar-refractivity contribution in [2.75, 3.05) is 0 Å². The highest BCUT2D eigenvalue weighted by Crippen LogP contribution is 2.20. The van der Waals surface area contributed by atoms with Crippen LogP contribution in [0, 0.1) is 0 Å². The lowest BCUT2D eigenvalue weighted by Gasteiger charge is -2.15. The van der Waals surface area contributed by atoms with Crippen molar-refractivity contribution in [3.63, 3.8) is 0 Å². The Morgan fingerprint density at radius 2 is 1.69 bits per heavy atom. The van der Waals surface area contributed by atoms with Gasteiger partial charge in [0.2, 0.25) is 0 Å². The molecular weight excluding hydrogens is 200 g/mol. The molecule has 0 bridgehead atoms. The summed E-state index contributed by atoms with van der Waals surface area (Å²) in [4.78, 5) is 13.0. The molecule has 0 N–H and O–H groups in total. The number of rotatable bonds is 1. The molecular formula is C12H16N4. The topological polar surface area (TPSA) is 43.6 Å². The maximum absolute atomic E-state index is 4.38. The van der Waals surface area contributed by atoms with Gasteiger partial charge in [0.1, 0.15) is 11.6 Å². The van der Waals surface area contributed by atoms with E-state index in [1.54, 1.807) is 6.20 Å². The van der Waals surface area contributed by atoms with Crippen LogP contribution in [0.15, 0.2) is 24.8 Å². The van der Waals surface area contributed by atoms with Crippen molar-refractivity contribution in [3.8, 4) is 11.4 Å². The third kappa shape index (κ3) is 1.96. The van der Waals surface area contributed by atoms with Gasteiger partial charge in [-0.15, -0.1) is 0 Å². The second-order valence-corrected chi connectivity index (χ2v) is 4.91. The molecule has 84 valence electrons. The first-order chi connectivity index (χ1) is 7.48. The minimum atomic E-state index is -0.0137. The van der Waals surface area contributed by atoms with Gasteiger partial charge in [-0.05, 0) is 0 Å². The molecule has 0 fully saturated rings. The summed E-state index contributed by atoms with van der Waals surface area (Å²) in [5, 5.41) is 0. The zero-order valence-electron chi connectivity index (χ0n) is 10.1. The number of aryl methyl sites for hydroxylation is 1. The Kier molecular flexibility index (Phi) is 2.50. The van der Waals surface area contributed by atoms with Crippen molar-refractivity contribution in [1.29, 1.82) is 0 Å². The van der Waals surface area contributed by atoms with Gasteiger partial charge in [0.15, 0.2) is 0 Å². The number of aromatic nitrogens is 4. The van der Waals surface area contributed by atoms with Crippen molar-refractivity contribution in [2.24, 2.45) is 7.05 Å². The second kappa shape index (κ2) is 3.70. The van der Waals surface area contributed by atoms with E-state index >= 15 is 0 Å². The Morgan fingerprint density at radius 1 is 1.06 bits per heavy atom. The van der Waals surface area contributed by atoms with Crippen LogP contribution in [-0.4, -0.2) is 19.5 Å². The van der Waals surface area contributed by atoms with Gasteiger partial charge in [-0.1, -0.05) is 20.8 Å². The van der Waals surface area contributed by atoms with Crippen molar-refractivity contribution < 1.29 is 0 Å². The molecule has 0 aliphatic heterocycles. The van der Waals surface area contributed by atoms with E-state index in [4.69, 9.17) is 0 Å². The summed E-state index contributed by atoms with van der Waals surface area (Å²) in [7, 11) is 1.96. The molecule has 0 atom stereocenters. The highest BCUT2D eigenvalue weighted by molar-refractivity contribution is 5.52. The van der Waals surface area contributed by atoms with E-state index < -0.39 is 0 Å². The van der Waals surface area contributed by atoms with Crippen molar-refractivity contribution in [1.82, 2.24) is 19.5 Å². The Morgan fingerprint density at radius 3 is 2.12 bits per heavy atom. The van der Waals surface area contributed by atoms with Gasteiger partial charge in [0, 0.05) is 37.3 Å². The smallest absolute Gasteiger partial charge is 0.142 e. The van der Waals surface area contributed by atoms with Crippen LogP contribution in [0.25, 0.3) is 11.4 Å². The molecule has 0 radical (unpaired) electrons. The van der Waals surface area contributed by atoms with Crippen LogP contribution in [0.3, 0.4) is 0 Å². The average Bonchev–Trinajstić information content (AvgIpc) is 2.63. The minimum Gasteiger partial charge on any atom is -0.334 e. The molecule has 4 heteroatoms. The summed E-state index contributed by atoms with van der Waals surface area (Å²) in [6.07, 6.45) is 7.34. The zero-order valence-corrected chi connectivity index (χ0v) is 10.1. The molecule has 2 aromatic heterocycles. The van der Waals surface area contributed by atoms with Gasteiger partial charge < -0.3 is 4.57 Å². The molecule has 0 aliphatic rings. The van der Waals surface area contributed by atoms with Crippen LogP contribution in [0.5, 0.6) is 0 Å². The SMILES string of the molecule is Cn1ccnc1-c1cnc(C(C)(C)C)nc1. The van der Waals surface area contributed by atoms with Crippen LogP contribution >= 0.6 is 0 Å². The van der Waals surface area contributed by atoms with Gasteiger partial charge in [-0.3, -0.25) is 0 Å². The lowest BCUT2D eigenvalue weighted by Crippen LogP contribution is -2.15. The fourth-order valence-electron chi connectivity index (χ4n) is 1.47. The first kappa shape index (κ1) is 10.8. The Bertz CT molecular complexity index is 476. The number of imidazole rings is 1. The van der Waals surface area contributed by atoms with E-state index in [1.807, 2.05) is 30.2 Å². The molecule has 0 aliphatic carbocycles. The average molecular weight is 216 g/mol. The molecule has 4 nitrogen and oxygen atoms in total. The van der Waals surface area contributed by atoms with E-state index in [-0.39, 0.29) is 5.41 Å². The fourth-order valence-corrected chi connectivity index (χ4v) is 1.47. The van der Waals surface area contributed by atoms with Gasteiger partial charge in [-0.25, -0.2) is 15.0 Å². The highest BCUT2D eigenvalue weighted by Gasteiger charge is 2.17. The van der Waals surface area contributed by atoms with Crippen molar-refractivity contribution >= 4 is 0 Å². The zero-order chi connectivity index (χ0) is 11.8. The number of hydrogen-bond acceptors (Lipinski definition) is 3. The number of hydrogen-bond donors (Lipinski definition) is 0. The molecule has 0 saturated carbocycles. The van der Waals surface area contributed by atoms with Crippen LogP contribution < -0.4 is 0 Å². The monoisotopic (exact) mass is 216 g/mol. The first-order valence-electron chi connectivity index (χ1n) is 5.29. The predicted octanol–water partition coefficient (Wildman–Crippen LogP) is 2.17. The quantitative estimate of drug-likeness (QED) is 0.733. The summed E-state index contributed by atoms with van der Waals surface area (Å²) in [5.41, 5.74) is 0.931. The molecule has 2 rings (SSSR count). The molecule has 2 aromatic rings. The second-order valence-electron chi connectivity index (χ2n) is 4.91. The Hall–Kier alpha value is -1.71. The van der Waals surface area contributed by atoms with Crippen molar-refractivity contribution in [2.45, 2.75) is 26.2 Å². The predicted molar refractivity (Wildman–Crippen MR) is 62.9 cm³/mol. The molecule has 16 heavy (non-hydrogen) atoms. The lowest BCUT2D eigenvalue weighted by atomic mass is 9.96. The molecule has 2 heterocycles. The van der Waals surface area contributed by atoms with Crippen LogP contribution in [0.1, 0.15) is 26.6 Å². The standard InChI is InChI=1S/C12H16N4/c1-12(2,3)11-14-7-9(8-15-11)10-13-5-6-16(10)4/h5-8H,1-4H3. The van der Waals surface area contributed by atoms with E-state index in [0.717, 1.165) is 17.2 Å². The summed E-state index contributed by atoms with van der Waals surface area (Å²) in [6, 6.07) is 0. The van der Waals surface area contributed by atoms with E-state index in [0.29, 0.717) is 0 Å². The van der Waals surface area contributed by atoms with Crippen molar-refractivity contribution in [3.05, 3.63) is 30.6 Å². The van der Waals surface area contributed by atoms with Gasteiger partial charge in [0.05, 0.1) is 5.56 Å². The Balaban J connectivity index is 2.37. The molecule has 0 aromatic carbocycles. The van der Waals surface area contributed by atoms with Gasteiger partial charge >= 0.3 is 0 Å². The molecule has 0 amide bonds. The van der Waals surface area contributed by atoms with E-state index in [1.165, 1.54) is 0 Å². The van der Waals surface area contributed by atoms with Gasteiger partial charge in [-0.2, -0.15) is 0 Å². The summed E-state index contributed by atoms with van der Waals surface area (Å²) >= 11 is 0. The van der Waals surface area contributed by atoms with Crippen LogP contribution in [0.2, 0.25) is 0 Å². The summed E-state index contributed by atoms with van der Waals surface area (Å²) in [5.74, 6) is 1.74.